The van der Waals surface area contributed by atoms with Crippen LogP contribution in [-0.4, -0.2) is 75.4 Å². The lowest BCUT2D eigenvalue weighted by Crippen LogP contribution is -2.36. The molecule has 0 aromatic rings. The average Bonchev–Trinajstić information content (AvgIpc) is 3.26. The van der Waals surface area contributed by atoms with E-state index in [0.717, 1.165) is 38.5 Å². The summed E-state index contributed by atoms with van der Waals surface area (Å²) in [6.45, 7) is 11.2. The van der Waals surface area contributed by atoms with Gasteiger partial charge in [0.25, 0.3) is 0 Å². The predicted octanol–water partition coefficient (Wildman–Crippen LogP) is 14.8. The topological polar surface area (TPSA) is 94.2 Å². The second kappa shape index (κ2) is 51.0. The Labute approximate surface area is 379 Å². The van der Waals surface area contributed by atoms with Crippen molar-refractivity contribution in [2.75, 3.05) is 52.5 Å². The maximum Gasteiger partial charge on any atom is 0.307 e. The van der Waals surface area contributed by atoms with Crippen molar-refractivity contribution in [3.8, 4) is 0 Å². The number of rotatable bonds is 51. The Kier molecular flexibility index (Phi) is 49.6. The molecule has 0 aliphatic heterocycles. The first kappa shape index (κ1) is 59.3. The molecule has 0 aromatic carbocycles. The van der Waals surface area contributed by atoms with Gasteiger partial charge in [-0.3, -0.25) is 14.4 Å². The van der Waals surface area contributed by atoms with E-state index in [4.69, 9.17) is 14.2 Å². The van der Waals surface area contributed by atoms with Gasteiger partial charge in [0.15, 0.2) is 0 Å². The lowest BCUT2D eigenvalue weighted by Gasteiger charge is -2.22. The van der Waals surface area contributed by atoms with E-state index in [1.807, 2.05) is 0 Å². The Morgan fingerprint density at radius 2 is 0.557 bits per heavy atom. The van der Waals surface area contributed by atoms with Crippen LogP contribution in [0.3, 0.4) is 0 Å². The number of hydrogen-bond acceptors (Lipinski definition) is 8. The maximum atomic E-state index is 12.6. The third-order valence-electron chi connectivity index (χ3n) is 12.2. The molecular weight excluding hydrogens is 761 g/mol. The van der Waals surface area contributed by atoms with Crippen LogP contribution in [-0.2, 0) is 28.6 Å². The molecule has 0 rings (SSSR count). The fraction of sp³-hybridized carbons (Fsp3) is 0.943. The minimum Gasteiger partial charge on any atom is -0.466 e. The largest absolute Gasteiger partial charge is 0.466 e. The van der Waals surface area contributed by atoms with Crippen molar-refractivity contribution >= 4 is 17.9 Å². The number of hydrogen-bond donors (Lipinski definition) is 1. The van der Waals surface area contributed by atoms with Crippen molar-refractivity contribution in [3.63, 3.8) is 0 Å². The van der Waals surface area contributed by atoms with Crippen LogP contribution in [0.2, 0.25) is 0 Å². The maximum absolute atomic E-state index is 12.6. The quantitative estimate of drug-likeness (QED) is 0.0367. The van der Waals surface area contributed by atoms with Crippen LogP contribution < -0.4 is 5.32 Å². The first-order valence-electron chi connectivity index (χ1n) is 26.9. The van der Waals surface area contributed by atoms with Crippen LogP contribution in [0.25, 0.3) is 0 Å². The van der Waals surface area contributed by atoms with Gasteiger partial charge in [0.2, 0.25) is 0 Å². The monoisotopic (exact) mass is 865 g/mol. The van der Waals surface area contributed by atoms with Gasteiger partial charge in [-0.05, 0) is 19.3 Å². The van der Waals surface area contributed by atoms with Gasteiger partial charge in [0, 0.05) is 32.7 Å². The van der Waals surface area contributed by atoms with E-state index in [1.165, 1.54) is 193 Å². The number of nitrogens with zero attached hydrogens (tertiary/aromatic N) is 1. The Bertz CT molecular complexity index is 871. The molecule has 0 radical (unpaired) electrons. The SMILES string of the molecule is CCCCCCCCCCCCCCOC(=O)CCNCCN(CCC(=O)OCCCCCCCCCCCCCC)CCC(=O)OCCCCCCCCCCCCCC. The highest BCUT2D eigenvalue weighted by Crippen LogP contribution is 2.15. The van der Waals surface area contributed by atoms with Gasteiger partial charge in [0.05, 0.1) is 39.1 Å². The Morgan fingerprint density at radius 3 is 0.836 bits per heavy atom. The van der Waals surface area contributed by atoms with Gasteiger partial charge in [0.1, 0.15) is 0 Å². The molecule has 0 bridgehead atoms. The molecule has 0 amide bonds. The van der Waals surface area contributed by atoms with E-state index in [9.17, 15) is 14.4 Å². The number of unbranched alkanes of at least 4 members (excludes halogenated alkanes) is 33. The fourth-order valence-electron chi connectivity index (χ4n) is 7.99. The molecule has 0 spiro atoms. The summed E-state index contributed by atoms with van der Waals surface area (Å²) >= 11 is 0. The first-order chi connectivity index (χ1) is 30.0. The minimum absolute atomic E-state index is 0.153. The highest BCUT2D eigenvalue weighted by atomic mass is 16.5. The summed E-state index contributed by atoms with van der Waals surface area (Å²) < 4.78 is 16.6. The van der Waals surface area contributed by atoms with Crippen LogP contribution >= 0.6 is 0 Å². The molecule has 0 saturated heterocycles. The molecule has 0 aliphatic carbocycles. The van der Waals surface area contributed by atoms with E-state index in [0.29, 0.717) is 71.8 Å². The number of esters is 3. The molecule has 0 aromatic heterocycles. The number of carbonyl (C=O) groups is 3. The number of carbonyl (C=O) groups excluding carboxylic acids is 3. The van der Waals surface area contributed by atoms with Crippen LogP contribution in [0.15, 0.2) is 0 Å². The summed E-state index contributed by atoms with van der Waals surface area (Å²) in [5.74, 6) is -0.503. The van der Waals surface area contributed by atoms with Gasteiger partial charge in [-0.15, -0.1) is 0 Å². The van der Waals surface area contributed by atoms with Crippen molar-refractivity contribution in [2.24, 2.45) is 0 Å². The Hall–Kier alpha value is -1.67. The predicted molar refractivity (Wildman–Crippen MR) is 259 cm³/mol. The third-order valence-corrected chi connectivity index (χ3v) is 12.2. The lowest BCUT2D eigenvalue weighted by molar-refractivity contribution is -0.145. The summed E-state index contributed by atoms with van der Waals surface area (Å²) in [5, 5.41) is 3.36. The van der Waals surface area contributed by atoms with Crippen molar-refractivity contribution in [3.05, 3.63) is 0 Å². The molecule has 0 saturated carbocycles. The minimum atomic E-state index is -0.175. The van der Waals surface area contributed by atoms with Crippen LogP contribution in [0.1, 0.15) is 271 Å². The molecule has 0 heterocycles. The number of ether oxygens (including phenoxy) is 3. The van der Waals surface area contributed by atoms with E-state index in [1.54, 1.807) is 0 Å². The zero-order chi connectivity index (χ0) is 44.4. The lowest BCUT2D eigenvalue weighted by atomic mass is 10.1. The number of nitrogens with one attached hydrogen (secondary N) is 1. The van der Waals surface area contributed by atoms with E-state index in [2.05, 4.69) is 31.0 Å². The van der Waals surface area contributed by atoms with Gasteiger partial charge < -0.3 is 24.4 Å². The molecule has 0 aliphatic rings. The van der Waals surface area contributed by atoms with Crippen LogP contribution in [0.5, 0.6) is 0 Å². The van der Waals surface area contributed by atoms with E-state index < -0.39 is 0 Å². The summed E-state index contributed by atoms with van der Waals surface area (Å²) in [4.78, 5) is 39.7. The normalized spacial score (nSPS) is 11.4. The average molecular weight is 865 g/mol. The highest BCUT2D eigenvalue weighted by molar-refractivity contribution is 5.70. The molecular formula is C53H104N2O6. The molecule has 8 heteroatoms. The fourth-order valence-corrected chi connectivity index (χ4v) is 7.99. The van der Waals surface area contributed by atoms with E-state index in [-0.39, 0.29) is 17.9 Å². The van der Waals surface area contributed by atoms with Crippen LogP contribution in [0.4, 0.5) is 0 Å². The van der Waals surface area contributed by atoms with Crippen LogP contribution in [0, 0.1) is 0 Å². The Morgan fingerprint density at radius 1 is 0.311 bits per heavy atom. The summed E-state index contributed by atoms with van der Waals surface area (Å²) in [7, 11) is 0. The van der Waals surface area contributed by atoms with E-state index >= 15 is 0 Å². The zero-order valence-corrected chi connectivity index (χ0v) is 41.1. The summed E-state index contributed by atoms with van der Waals surface area (Å²) in [6.07, 6.45) is 47.1. The molecule has 8 nitrogen and oxygen atoms in total. The van der Waals surface area contributed by atoms with Crippen molar-refractivity contribution < 1.29 is 28.6 Å². The van der Waals surface area contributed by atoms with Crippen molar-refractivity contribution in [1.82, 2.24) is 10.2 Å². The van der Waals surface area contributed by atoms with Gasteiger partial charge >= 0.3 is 17.9 Å². The molecule has 0 atom stereocenters. The summed E-state index contributed by atoms with van der Waals surface area (Å²) in [6, 6.07) is 0. The third kappa shape index (κ3) is 49.2. The van der Waals surface area contributed by atoms with Gasteiger partial charge in [-0.25, -0.2) is 0 Å². The Balaban J connectivity index is 4.27. The zero-order valence-electron chi connectivity index (χ0n) is 41.1. The summed E-state index contributed by atoms with van der Waals surface area (Å²) in [5.41, 5.74) is 0. The smallest absolute Gasteiger partial charge is 0.307 e. The van der Waals surface area contributed by atoms with Crippen molar-refractivity contribution in [2.45, 2.75) is 271 Å². The first-order valence-corrected chi connectivity index (χ1v) is 26.9. The highest BCUT2D eigenvalue weighted by Gasteiger charge is 2.13. The molecule has 362 valence electrons. The second-order valence-corrected chi connectivity index (χ2v) is 18.2. The molecule has 61 heavy (non-hydrogen) atoms. The van der Waals surface area contributed by atoms with Gasteiger partial charge in [-0.1, -0.05) is 233 Å². The standard InChI is InChI=1S/C53H104N2O6/c1-4-7-10-13-16-19-22-25-28-31-34-37-48-59-51(56)40-43-54-44-47-55(45-41-52(57)60-49-38-35-32-29-26-23-20-17-14-11-8-5-2)46-42-53(58)61-50-39-36-33-30-27-24-21-18-15-12-9-6-3/h54H,4-50H2,1-3H3. The van der Waals surface area contributed by atoms with Gasteiger partial charge in [-0.2, -0.15) is 0 Å². The molecule has 0 unspecified atom stereocenters. The van der Waals surface area contributed by atoms with Crippen molar-refractivity contribution in [1.29, 1.82) is 0 Å². The molecule has 1 N–H and O–H groups in total. The molecule has 0 fully saturated rings. The second-order valence-electron chi connectivity index (χ2n) is 18.2.